The van der Waals surface area contributed by atoms with Crippen LogP contribution in [-0.4, -0.2) is 88.3 Å². The topological polar surface area (TPSA) is 79.1 Å². The minimum atomic E-state index is -0.0606. The Bertz CT molecular complexity index is 852. The van der Waals surface area contributed by atoms with Crippen LogP contribution in [0.2, 0.25) is 0 Å². The smallest absolute Gasteiger partial charge is 0.309 e. The molecule has 2 aromatic heterocycles. The van der Waals surface area contributed by atoms with E-state index in [-0.39, 0.29) is 11.9 Å². The van der Waals surface area contributed by atoms with Gasteiger partial charge in [0.25, 0.3) is 5.78 Å². The number of fused-ring (bicyclic) bond motifs is 1. The Balaban J connectivity index is 1.45. The van der Waals surface area contributed by atoms with Gasteiger partial charge in [-0.15, -0.1) is 5.10 Å². The summed E-state index contributed by atoms with van der Waals surface area (Å²) in [7, 11) is 2.16. The molecule has 9 heteroatoms. The van der Waals surface area contributed by atoms with Crippen molar-refractivity contribution in [3.8, 4) is 0 Å². The van der Waals surface area contributed by atoms with Crippen molar-refractivity contribution in [3.05, 3.63) is 17.6 Å². The summed E-state index contributed by atoms with van der Waals surface area (Å²) in [6.07, 6.45) is 1.66. The van der Waals surface area contributed by atoms with Crippen molar-refractivity contribution in [1.82, 2.24) is 29.4 Å². The number of aryl methyl sites for hydroxylation is 1. The van der Waals surface area contributed by atoms with Gasteiger partial charge in [0.2, 0.25) is 0 Å². The van der Waals surface area contributed by atoms with E-state index >= 15 is 0 Å². The lowest BCUT2D eigenvalue weighted by Gasteiger charge is -2.33. The third-order valence-corrected chi connectivity index (χ3v) is 5.87. The largest absolute Gasteiger partial charge is 0.466 e. The van der Waals surface area contributed by atoms with E-state index in [4.69, 9.17) is 14.8 Å². The molecule has 0 radical (unpaired) electrons. The fraction of sp³-hybridized carbons (Fsp3) is 0.700. The van der Waals surface area contributed by atoms with Crippen molar-refractivity contribution in [1.29, 1.82) is 0 Å². The van der Waals surface area contributed by atoms with Gasteiger partial charge in [-0.1, -0.05) is 0 Å². The van der Waals surface area contributed by atoms with Crippen LogP contribution in [0, 0.1) is 12.8 Å². The summed E-state index contributed by atoms with van der Waals surface area (Å²) in [6.45, 7) is 10.7. The minimum Gasteiger partial charge on any atom is -0.466 e. The molecule has 0 unspecified atom stereocenters. The summed E-state index contributed by atoms with van der Waals surface area (Å²) in [5.74, 6) is 2.48. The molecule has 4 heterocycles. The molecule has 4 rings (SSSR count). The number of likely N-dealkylation sites (N-methyl/N-ethyl adjacent to an activating group) is 1. The van der Waals surface area contributed by atoms with E-state index in [0.29, 0.717) is 18.9 Å². The van der Waals surface area contributed by atoms with E-state index in [1.807, 2.05) is 18.4 Å². The number of hydrogen-bond acceptors (Lipinski definition) is 8. The van der Waals surface area contributed by atoms with E-state index < -0.39 is 0 Å². The van der Waals surface area contributed by atoms with Crippen LogP contribution in [0.25, 0.3) is 5.78 Å². The summed E-state index contributed by atoms with van der Waals surface area (Å²) in [4.78, 5) is 28.2. The van der Waals surface area contributed by atoms with Crippen molar-refractivity contribution in [2.24, 2.45) is 5.92 Å². The highest BCUT2D eigenvalue weighted by Crippen LogP contribution is 2.21. The van der Waals surface area contributed by atoms with Gasteiger partial charge in [0.05, 0.1) is 19.1 Å². The molecule has 158 valence electrons. The van der Waals surface area contributed by atoms with Gasteiger partial charge < -0.3 is 14.5 Å². The number of ether oxygens (including phenoxy) is 1. The number of likely N-dealkylation sites (tertiary alicyclic amines) is 1. The number of carbonyl (C=O) groups is 1. The second kappa shape index (κ2) is 8.62. The first-order valence-corrected chi connectivity index (χ1v) is 10.6. The molecule has 2 fully saturated rings. The molecule has 0 aromatic carbocycles. The molecule has 0 N–H and O–H groups in total. The van der Waals surface area contributed by atoms with Gasteiger partial charge in [0.15, 0.2) is 5.82 Å². The summed E-state index contributed by atoms with van der Waals surface area (Å²) in [5, 5.41) is 4.78. The first-order chi connectivity index (χ1) is 14.0. The number of piperazine rings is 1. The quantitative estimate of drug-likeness (QED) is 0.686. The van der Waals surface area contributed by atoms with Gasteiger partial charge in [-0.05, 0) is 46.8 Å². The third-order valence-electron chi connectivity index (χ3n) is 5.87. The number of rotatable bonds is 5. The molecule has 0 amide bonds. The molecule has 2 aliphatic rings. The van der Waals surface area contributed by atoms with Crippen LogP contribution in [0.1, 0.15) is 31.3 Å². The third kappa shape index (κ3) is 4.51. The van der Waals surface area contributed by atoms with E-state index in [2.05, 4.69) is 32.8 Å². The molecule has 0 bridgehead atoms. The molecule has 2 saturated heterocycles. The summed E-state index contributed by atoms with van der Waals surface area (Å²) in [5.41, 5.74) is 0.959. The zero-order valence-electron chi connectivity index (χ0n) is 17.7. The normalized spacial score (nSPS) is 19.8. The Kier molecular flexibility index (Phi) is 5.96. The average molecular weight is 402 g/mol. The van der Waals surface area contributed by atoms with Gasteiger partial charge in [-0.25, -0.2) is 4.98 Å². The van der Waals surface area contributed by atoms with Crippen LogP contribution in [0.5, 0.6) is 0 Å². The Hall–Kier alpha value is -2.26. The predicted octanol–water partition coefficient (Wildman–Crippen LogP) is 0.960. The highest BCUT2D eigenvalue weighted by Gasteiger charge is 2.27. The molecule has 0 aliphatic carbocycles. The van der Waals surface area contributed by atoms with Gasteiger partial charge in [0, 0.05) is 37.9 Å². The fourth-order valence-corrected chi connectivity index (χ4v) is 4.12. The zero-order valence-corrected chi connectivity index (χ0v) is 17.7. The molecular formula is C20H31N7O2. The zero-order chi connectivity index (χ0) is 20.4. The molecule has 2 aromatic rings. The molecule has 0 atom stereocenters. The highest BCUT2D eigenvalue weighted by molar-refractivity contribution is 5.72. The Morgan fingerprint density at radius 3 is 2.55 bits per heavy atom. The van der Waals surface area contributed by atoms with E-state index in [1.165, 1.54) is 0 Å². The second-order valence-electron chi connectivity index (χ2n) is 8.09. The number of carbonyl (C=O) groups excluding carboxylic acids is 1. The van der Waals surface area contributed by atoms with Crippen LogP contribution in [0.4, 0.5) is 5.82 Å². The number of nitrogens with zero attached hydrogens (tertiary/aromatic N) is 7. The Labute approximate surface area is 171 Å². The SMILES string of the molecule is CCOC(=O)C1CCN(Cc2nc3nc(C)cc(N4CCN(C)CC4)n3n2)CC1. The van der Waals surface area contributed by atoms with E-state index in [9.17, 15) is 4.79 Å². The van der Waals surface area contributed by atoms with Gasteiger partial charge in [-0.3, -0.25) is 9.69 Å². The first-order valence-electron chi connectivity index (χ1n) is 10.6. The van der Waals surface area contributed by atoms with Crippen LogP contribution >= 0.6 is 0 Å². The molecule has 9 nitrogen and oxygen atoms in total. The lowest BCUT2D eigenvalue weighted by atomic mass is 9.97. The monoisotopic (exact) mass is 401 g/mol. The molecule has 29 heavy (non-hydrogen) atoms. The summed E-state index contributed by atoms with van der Waals surface area (Å²) < 4.78 is 7.05. The summed E-state index contributed by atoms with van der Waals surface area (Å²) >= 11 is 0. The van der Waals surface area contributed by atoms with Crippen LogP contribution in [0.15, 0.2) is 6.07 Å². The number of aromatic nitrogens is 4. The van der Waals surface area contributed by atoms with Crippen molar-refractivity contribution in [2.45, 2.75) is 33.2 Å². The average Bonchev–Trinajstić information content (AvgIpc) is 3.11. The maximum atomic E-state index is 11.9. The molecule has 2 aliphatic heterocycles. The number of piperidine rings is 1. The Morgan fingerprint density at radius 1 is 1.14 bits per heavy atom. The standard InChI is InChI=1S/C20H31N7O2/c1-4-29-19(28)16-5-7-25(8-6-16)14-17-22-20-21-15(2)13-18(27(20)23-17)26-11-9-24(3)10-12-26/h13,16H,4-12,14H2,1-3H3. The predicted molar refractivity (Wildman–Crippen MR) is 110 cm³/mol. The van der Waals surface area contributed by atoms with Crippen LogP contribution in [-0.2, 0) is 16.1 Å². The Morgan fingerprint density at radius 2 is 1.86 bits per heavy atom. The van der Waals surface area contributed by atoms with Crippen molar-refractivity contribution in [2.75, 3.05) is 57.8 Å². The first kappa shape index (κ1) is 20.0. The fourth-order valence-electron chi connectivity index (χ4n) is 4.12. The van der Waals surface area contributed by atoms with Crippen molar-refractivity contribution < 1.29 is 9.53 Å². The number of anilines is 1. The minimum absolute atomic E-state index is 0.0216. The van der Waals surface area contributed by atoms with E-state index in [1.54, 1.807) is 0 Å². The maximum absolute atomic E-state index is 11.9. The van der Waals surface area contributed by atoms with Crippen LogP contribution in [0.3, 0.4) is 0 Å². The van der Waals surface area contributed by atoms with Crippen LogP contribution < -0.4 is 4.90 Å². The van der Waals surface area contributed by atoms with Crippen molar-refractivity contribution in [3.63, 3.8) is 0 Å². The number of esters is 1. The highest BCUT2D eigenvalue weighted by atomic mass is 16.5. The number of hydrogen-bond donors (Lipinski definition) is 0. The van der Waals surface area contributed by atoms with Gasteiger partial charge in [0.1, 0.15) is 5.82 Å². The molecule has 0 spiro atoms. The molecule has 0 saturated carbocycles. The van der Waals surface area contributed by atoms with Gasteiger partial charge in [-0.2, -0.15) is 9.50 Å². The maximum Gasteiger partial charge on any atom is 0.309 e. The lowest BCUT2D eigenvalue weighted by Crippen LogP contribution is -2.45. The lowest BCUT2D eigenvalue weighted by molar-refractivity contribution is -0.149. The second-order valence-corrected chi connectivity index (χ2v) is 8.09. The van der Waals surface area contributed by atoms with Gasteiger partial charge >= 0.3 is 5.97 Å². The van der Waals surface area contributed by atoms with E-state index in [0.717, 1.165) is 69.4 Å². The summed E-state index contributed by atoms with van der Waals surface area (Å²) in [6, 6.07) is 2.10. The molecular weight excluding hydrogens is 370 g/mol. The van der Waals surface area contributed by atoms with Crippen molar-refractivity contribution >= 4 is 17.6 Å².